The van der Waals surface area contributed by atoms with E-state index < -0.39 is 12.1 Å². The summed E-state index contributed by atoms with van der Waals surface area (Å²) < 4.78 is 0. The minimum Gasteiger partial charge on any atom is -0.481 e. The number of carboxylic acids is 1. The lowest BCUT2D eigenvalue weighted by Crippen LogP contribution is -2.56. The number of rotatable bonds is 1. The van der Waals surface area contributed by atoms with Crippen LogP contribution in [0, 0.1) is 34.5 Å². The number of hydrogen-bond donors (Lipinski definition) is 3. The Bertz CT molecular complexity index is 584. The van der Waals surface area contributed by atoms with Gasteiger partial charge in [-0.25, -0.2) is 0 Å². The van der Waals surface area contributed by atoms with Crippen LogP contribution in [0.1, 0.15) is 58.8 Å². The van der Waals surface area contributed by atoms with Crippen LogP contribution in [0.3, 0.4) is 0 Å². The molecule has 24 heavy (non-hydrogen) atoms. The summed E-state index contributed by atoms with van der Waals surface area (Å²) in [5.74, 6) is -0.00894. The Morgan fingerprint density at radius 2 is 1.96 bits per heavy atom. The van der Waals surface area contributed by atoms with Crippen LogP contribution in [0.5, 0.6) is 0 Å². The molecule has 3 saturated carbocycles. The van der Waals surface area contributed by atoms with Crippen LogP contribution in [-0.4, -0.2) is 33.5 Å². The van der Waals surface area contributed by atoms with E-state index in [9.17, 15) is 20.1 Å². The summed E-state index contributed by atoms with van der Waals surface area (Å²) in [6.45, 7) is 4.38. The molecular weight excluding hydrogens is 304 g/mol. The number of fused-ring (bicyclic) bond motifs is 5. The van der Waals surface area contributed by atoms with Crippen molar-refractivity contribution in [1.82, 2.24) is 0 Å². The maximum Gasteiger partial charge on any atom is 0.307 e. The molecule has 0 heterocycles. The third-order valence-corrected chi connectivity index (χ3v) is 8.31. The van der Waals surface area contributed by atoms with E-state index in [1.807, 2.05) is 0 Å². The van der Waals surface area contributed by atoms with Crippen molar-refractivity contribution in [2.75, 3.05) is 0 Å². The van der Waals surface area contributed by atoms with Crippen LogP contribution in [0.15, 0.2) is 11.6 Å². The number of carbonyl (C=O) groups is 1. The Hall–Kier alpha value is -0.870. The second kappa shape index (κ2) is 5.31. The Kier molecular flexibility index (Phi) is 3.67. The van der Waals surface area contributed by atoms with Crippen molar-refractivity contribution in [2.24, 2.45) is 34.5 Å². The lowest BCUT2D eigenvalue weighted by atomic mass is 9.46. The molecule has 0 bridgehead atoms. The van der Waals surface area contributed by atoms with Gasteiger partial charge >= 0.3 is 5.97 Å². The number of hydrogen-bond acceptors (Lipinski definition) is 3. The predicted molar refractivity (Wildman–Crippen MR) is 90.2 cm³/mol. The summed E-state index contributed by atoms with van der Waals surface area (Å²) in [6.07, 6.45) is 7.40. The molecule has 0 aromatic heterocycles. The molecule has 4 aliphatic carbocycles. The Morgan fingerprint density at radius 3 is 2.67 bits per heavy atom. The highest BCUT2D eigenvalue weighted by atomic mass is 16.4. The number of aliphatic hydroxyl groups is 2. The van der Waals surface area contributed by atoms with Gasteiger partial charge in [-0.15, -0.1) is 0 Å². The SMILES string of the molecule is C[C@]12C[C@H](O)[C@H]3[C@@H](CC=C4C[C@@H](O)CC[C@@]43C)[C@@H]1CC[C@@H]2C(=O)O. The van der Waals surface area contributed by atoms with Crippen molar-refractivity contribution in [3.8, 4) is 0 Å². The van der Waals surface area contributed by atoms with E-state index in [1.54, 1.807) is 0 Å². The molecule has 0 spiro atoms. The Balaban J connectivity index is 1.71. The molecule has 3 N–H and O–H groups in total. The maximum absolute atomic E-state index is 11.7. The molecule has 4 nitrogen and oxygen atoms in total. The predicted octanol–water partition coefficient (Wildman–Crippen LogP) is 2.98. The number of aliphatic hydroxyl groups excluding tert-OH is 2. The topological polar surface area (TPSA) is 77.8 Å². The highest BCUT2D eigenvalue weighted by Crippen LogP contribution is 2.66. The minimum absolute atomic E-state index is 0.0236. The van der Waals surface area contributed by atoms with Crippen LogP contribution in [0.4, 0.5) is 0 Å². The molecule has 4 heteroatoms. The second-order valence-electron chi connectivity index (χ2n) is 9.32. The zero-order valence-electron chi connectivity index (χ0n) is 14.7. The number of aliphatic carboxylic acids is 1. The van der Waals surface area contributed by atoms with Gasteiger partial charge in [-0.3, -0.25) is 4.79 Å². The smallest absolute Gasteiger partial charge is 0.307 e. The molecule has 3 fully saturated rings. The summed E-state index contributed by atoms with van der Waals surface area (Å²) in [4.78, 5) is 11.7. The van der Waals surface area contributed by atoms with Crippen molar-refractivity contribution >= 4 is 5.97 Å². The highest BCUT2D eigenvalue weighted by molar-refractivity contribution is 5.71. The van der Waals surface area contributed by atoms with E-state index >= 15 is 0 Å². The van der Waals surface area contributed by atoms with Crippen LogP contribution in [-0.2, 0) is 4.79 Å². The van der Waals surface area contributed by atoms with Crippen LogP contribution >= 0.6 is 0 Å². The van der Waals surface area contributed by atoms with Gasteiger partial charge in [-0.2, -0.15) is 0 Å². The summed E-state index contributed by atoms with van der Waals surface area (Å²) >= 11 is 0. The van der Waals surface area contributed by atoms with E-state index in [0.717, 1.165) is 38.5 Å². The number of carboxylic acid groups (broad SMARTS) is 1. The lowest BCUT2D eigenvalue weighted by molar-refractivity contribution is -0.156. The van der Waals surface area contributed by atoms with Gasteiger partial charge < -0.3 is 15.3 Å². The third-order valence-electron chi connectivity index (χ3n) is 8.31. The molecular formula is C20H30O4. The zero-order valence-corrected chi connectivity index (χ0v) is 14.7. The van der Waals surface area contributed by atoms with E-state index in [-0.39, 0.29) is 28.8 Å². The Labute approximate surface area is 144 Å². The fourth-order valence-electron chi connectivity index (χ4n) is 7.18. The van der Waals surface area contributed by atoms with Crippen molar-refractivity contribution < 1.29 is 20.1 Å². The largest absolute Gasteiger partial charge is 0.481 e. The first-order chi connectivity index (χ1) is 11.3. The molecule has 0 aromatic carbocycles. The average molecular weight is 334 g/mol. The summed E-state index contributed by atoms with van der Waals surface area (Å²) in [5.41, 5.74) is 1.03. The van der Waals surface area contributed by atoms with Crippen LogP contribution in [0.25, 0.3) is 0 Å². The molecule has 0 unspecified atom stereocenters. The van der Waals surface area contributed by atoms with Gasteiger partial charge in [0.1, 0.15) is 0 Å². The highest BCUT2D eigenvalue weighted by Gasteiger charge is 2.62. The molecule has 0 aromatic rings. The van der Waals surface area contributed by atoms with Crippen molar-refractivity contribution in [1.29, 1.82) is 0 Å². The van der Waals surface area contributed by atoms with Crippen molar-refractivity contribution in [3.63, 3.8) is 0 Å². The lowest BCUT2D eigenvalue weighted by Gasteiger charge is -2.59. The monoisotopic (exact) mass is 334 g/mol. The van der Waals surface area contributed by atoms with Crippen LogP contribution < -0.4 is 0 Å². The van der Waals surface area contributed by atoms with E-state index in [1.165, 1.54) is 5.57 Å². The molecule has 4 aliphatic rings. The van der Waals surface area contributed by atoms with Gasteiger partial charge in [-0.1, -0.05) is 25.5 Å². The van der Waals surface area contributed by atoms with Crippen molar-refractivity contribution in [3.05, 3.63) is 11.6 Å². The fraction of sp³-hybridized carbons (Fsp3) is 0.850. The molecule has 8 atom stereocenters. The maximum atomic E-state index is 11.7. The molecule has 4 rings (SSSR count). The molecule has 0 radical (unpaired) electrons. The summed E-state index contributed by atoms with van der Waals surface area (Å²) in [5, 5.41) is 30.8. The van der Waals surface area contributed by atoms with E-state index in [2.05, 4.69) is 19.9 Å². The van der Waals surface area contributed by atoms with Crippen LogP contribution in [0.2, 0.25) is 0 Å². The van der Waals surface area contributed by atoms with Crippen molar-refractivity contribution in [2.45, 2.75) is 71.0 Å². The molecule has 0 aliphatic heterocycles. The summed E-state index contributed by atoms with van der Waals surface area (Å²) in [7, 11) is 0. The summed E-state index contributed by atoms with van der Waals surface area (Å²) in [6, 6.07) is 0. The van der Waals surface area contributed by atoms with Gasteiger partial charge in [0.25, 0.3) is 0 Å². The standard InChI is InChI=1S/C20H30O4/c1-19-8-7-12(21)9-11(19)3-4-13-14-5-6-15(18(23)24)20(14,2)10-16(22)17(13)19/h3,12-17,21-22H,4-10H2,1-2H3,(H,23,24)/t12-,13-,14-,15+,16-,17+,19-,20-/m0/s1. The van der Waals surface area contributed by atoms with Gasteiger partial charge in [0.05, 0.1) is 18.1 Å². The second-order valence-corrected chi connectivity index (χ2v) is 9.32. The minimum atomic E-state index is -0.690. The van der Waals surface area contributed by atoms with Gasteiger partial charge in [0.15, 0.2) is 0 Å². The van der Waals surface area contributed by atoms with Gasteiger partial charge in [0.2, 0.25) is 0 Å². The normalized spacial score (nSPS) is 53.6. The fourth-order valence-corrected chi connectivity index (χ4v) is 7.18. The van der Waals surface area contributed by atoms with Gasteiger partial charge in [-0.05, 0) is 73.5 Å². The molecule has 0 amide bonds. The third kappa shape index (κ3) is 2.08. The van der Waals surface area contributed by atoms with E-state index in [4.69, 9.17) is 0 Å². The zero-order chi connectivity index (χ0) is 17.3. The molecule has 0 saturated heterocycles. The first-order valence-corrected chi connectivity index (χ1v) is 9.56. The van der Waals surface area contributed by atoms with E-state index in [0.29, 0.717) is 18.3 Å². The Morgan fingerprint density at radius 1 is 1.21 bits per heavy atom. The first kappa shape index (κ1) is 16.6. The van der Waals surface area contributed by atoms with Gasteiger partial charge in [0, 0.05) is 0 Å². The number of allylic oxidation sites excluding steroid dienone is 1. The average Bonchev–Trinajstić information content (AvgIpc) is 2.84. The molecule has 134 valence electrons. The quantitative estimate of drug-likeness (QED) is 0.644. The first-order valence-electron chi connectivity index (χ1n) is 9.56.